The molecule has 9 heteroatoms. The van der Waals surface area contributed by atoms with Gasteiger partial charge in [0.15, 0.2) is 5.11 Å². The minimum atomic E-state index is -0.517. The maximum absolute atomic E-state index is 12.4. The highest BCUT2D eigenvalue weighted by Crippen LogP contribution is 2.31. The number of hydrogen-bond acceptors (Lipinski definition) is 6. The Hall–Kier alpha value is -3.07. The summed E-state index contributed by atoms with van der Waals surface area (Å²) in [6.07, 6.45) is 3.64. The highest BCUT2D eigenvalue weighted by molar-refractivity contribution is 7.80. The van der Waals surface area contributed by atoms with Crippen molar-refractivity contribution >= 4 is 40.4 Å². The molecule has 0 aliphatic carbocycles. The SMILES string of the molecule is Cc1ccnc(NC(=S)NC(=O)c2ccc(N3CCCC3)c([N+](=O)[O-])c2)c1. The van der Waals surface area contributed by atoms with E-state index in [1.165, 1.54) is 6.07 Å². The van der Waals surface area contributed by atoms with Gasteiger partial charge in [0.25, 0.3) is 11.6 Å². The van der Waals surface area contributed by atoms with Crippen LogP contribution in [0.15, 0.2) is 36.5 Å². The van der Waals surface area contributed by atoms with Crippen molar-refractivity contribution in [3.8, 4) is 0 Å². The zero-order valence-corrected chi connectivity index (χ0v) is 15.6. The second-order valence-electron chi connectivity index (χ2n) is 6.28. The molecule has 2 aromatic rings. The predicted molar refractivity (Wildman–Crippen MR) is 107 cm³/mol. The number of amides is 1. The van der Waals surface area contributed by atoms with Gasteiger partial charge in [-0.2, -0.15) is 0 Å². The average molecular weight is 385 g/mol. The Morgan fingerprint density at radius 1 is 1.26 bits per heavy atom. The number of nitro benzene ring substituents is 1. The number of nitro groups is 1. The molecule has 1 amide bonds. The first-order valence-electron chi connectivity index (χ1n) is 8.52. The number of rotatable bonds is 4. The number of carbonyl (C=O) groups excluding carboxylic acids is 1. The average Bonchev–Trinajstić information content (AvgIpc) is 3.15. The predicted octanol–water partition coefficient (Wildman–Crippen LogP) is 3.03. The van der Waals surface area contributed by atoms with Crippen LogP contribution in [-0.4, -0.2) is 34.0 Å². The molecule has 27 heavy (non-hydrogen) atoms. The Balaban J connectivity index is 1.73. The van der Waals surface area contributed by atoms with Gasteiger partial charge in [0, 0.05) is 30.9 Å². The van der Waals surface area contributed by atoms with Crippen molar-refractivity contribution in [2.75, 3.05) is 23.3 Å². The molecule has 1 saturated heterocycles. The summed E-state index contributed by atoms with van der Waals surface area (Å²) in [5, 5.41) is 16.9. The smallest absolute Gasteiger partial charge is 0.293 e. The Kier molecular flexibility index (Phi) is 5.60. The van der Waals surface area contributed by atoms with Crippen molar-refractivity contribution < 1.29 is 9.72 Å². The minimum absolute atomic E-state index is 0.0735. The molecule has 1 fully saturated rings. The van der Waals surface area contributed by atoms with E-state index in [1.54, 1.807) is 24.4 Å². The van der Waals surface area contributed by atoms with Crippen molar-refractivity contribution in [3.05, 3.63) is 57.8 Å². The largest absolute Gasteiger partial charge is 0.366 e. The highest BCUT2D eigenvalue weighted by Gasteiger charge is 2.24. The fraction of sp³-hybridized carbons (Fsp3) is 0.278. The number of aromatic nitrogens is 1. The fourth-order valence-corrected chi connectivity index (χ4v) is 3.16. The molecule has 0 radical (unpaired) electrons. The van der Waals surface area contributed by atoms with Crippen molar-refractivity contribution in [1.82, 2.24) is 10.3 Å². The Labute approximate surface area is 161 Å². The molecular formula is C18H19N5O3S. The van der Waals surface area contributed by atoms with E-state index in [4.69, 9.17) is 12.2 Å². The molecule has 0 unspecified atom stereocenters. The molecule has 0 saturated carbocycles. The second-order valence-corrected chi connectivity index (χ2v) is 6.69. The van der Waals surface area contributed by atoms with E-state index in [-0.39, 0.29) is 16.4 Å². The number of nitrogens with one attached hydrogen (secondary N) is 2. The molecule has 1 aromatic heterocycles. The maximum atomic E-state index is 12.4. The van der Waals surface area contributed by atoms with Crippen LogP contribution in [0.2, 0.25) is 0 Å². The van der Waals surface area contributed by atoms with E-state index in [9.17, 15) is 14.9 Å². The van der Waals surface area contributed by atoms with Crippen LogP contribution in [-0.2, 0) is 0 Å². The number of thiocarbonyl (C=S) groups is 1. The number of pyridine rings is 1. The van der Waals surface area contributed by atoms with E-state index >= 15 is 0 Å². The van der Waals surface area contributed by atoms with Crippen LogP contribution in [0.1, 0.15) is 28.8 Å². The van der Waals surface area contributed by atoms with Gasteiger partial charge in [-0.3, -0.25) is 20.2 Å². The minimum Gasteiger partial charge on any atom is -0.366 e. The highest BCUT2D eigenvalue weighted by atomic mass is 32.1. The molecule has 3 rings (SSSR count). The number of benzene rings is 1. The number of hydrogen-bond donors (Lipinski definition) is 2. The van der Waals surface area contributed by atoms with Gasteiger partial charge in [-0.25, -0.2) is 4.98 Å². The molecule has 1 aliphatic heterocycles. The first kappa shape index (κ1) is 18.7. The third-order valence-electron chi connectivity index (χ3n) is 4.27. The number of aryl methyl sites for hydroxylation is 1. The molecule has 0 bridgehead atoms. The van der Waals surface area contributed by atoms with Crippen LogP contribution >= 0.6 is 12.2 Å². The Morgan fingerprint density at radius 2 is 2.00 bits per heavy atom. The first-order chi connectivity index (χ1) is 12.9. The molecule has 0 atom stereocenters. The fourth-order valence-electron chi connectivity index (χ4n) is 2.96. The van der Waals surface area contributed by atoms with Gasteiger partial charge in [0.2, 0.25) is 0 Å². The van der Waals surface area contributed by atoms with Gasteiger partial charge in [0.05, 0.1) is 4.92 Å². The topological polar surface area (TPSA) is 100 Å². The van der Waals surface area contributed by atoms with Gasteiger partial charge in [-0.05, 0) is 61.8 Å². The first-order valence-corrected chi connectivity index (χ1v) is 8.93. The monoisotopic (exact) mass is 385 g/mol. The molecule has 1 aromatic carbocycles. The summed E-state index contributed by atoms with van der Waals surface area (Å²) in [7, 11) is 0. The van der Waals surface area contributed by atoms with Crippen LogP contribution in [0.25, 0.3) is 0 Å². The normalized spacial score (nSPS) is 13.3. The van der Waals surface area contributed by atoms with E-state index in [2.05, 4.69) is 15.6 Å². The lowest BCUT2D eigenvalue weighted by atomic mass is 10.1. The third kappa shape index (κ3) is 4.56. The lowest BCUT2D eigenvalue weighted by Gasteiger charge is -2.18. The summed E-state index contributed by atoms with van der Waals surface area (Å²) >= 11 is 5.13. The third-order valence-corrected chi connectivity index (χ3v) is 4.47. The Morgan fingerprint density at radius 3 is 2.67 bits per heavy atom. The molecule has 0 spiro atoms. The van der Waals surface area contributed by atoms with Crippen molar-refractivity contribution in [1.29, 1.82) is 0 Å². The summed E-state index contributed by atoms with van der Waals surface area (Å²) in [5.41, 5.74) is 1.63. The quantitative estimate of drug-likeness (QED) is 0.474. The van der Waals surface area contributed by atoms with Crippen molar-refractivity contribution in [3.63, 3.8) is 0 Å². The van der Waals surface area contributed by atoms with Gasteiger partial charge in [-0.15, -0.1) is 0 Å². The second kappa shape index (κ2) is 8.09. The number of carbonyl (C=O) groups is 1. The zero-order chi connectivity index (χ0) is 19.4. The van der Waals surface area contributed by atoms with Crippen molar-refractivity contribution in [2.24, 2.45) is 0 Å². The van der Waals surface area contributed by atoms with E-state index in [0.717, 1.165) is 31.5 Å². The molecule has 2 heterocycles. The summed E-state index contributed by atoms with van der Waals surface area (Å²) in [4.78, 5) is 29.5. The zero-order valence-electron chi connectivity index (χ0n) is 14.8. The maximum Gasteiger partial charge on any atom is 0.293 e. The molecule has 140 valence electrons. The standard InChI is InChI=1S/C18H19N5O3S/c1-12-6-7-19-16(10-12)20-18(27)21-17(24)13-4-5-14(15(11-13)23(25)26)22-8-2-3-9-22/h4-7,10-11H,2-3,8-9H2,1H3,(H2,19,20,21,24,27). The number of nitrogens with zero attached hydrogens (tertiary/aromatic N) is 3. The lowest BCUT2D eigenvalue weighted by Crippen LogP contribution is -2.34. The summed E-state index contributed by atoms with van der Waals surface area (Å²) in [6.45, 7) is 3.48. The van der Waals surface area contributed by atoms with E-state index in [1.807, 2.05) is 17.9 Å². The van der Waals surface area contributed by atoms with Gasteiger partial charge >= 0.3 is 0 Å². The van der Waals surface area contributed by atoms with E-state index < -0.39 is 10.8 Å². The molecule has 2 N–H and O–H groups in total. The molecule has 1 aliphatic rings. The summed E-state index contributed by atoms with van der Waals surface area (Å²) in [6, 6.07) is 8.11. The van der Waals surface area contributed by atoms with Crippen molar-refractivity contribution in [2.45, 2.75) is 19.8 Å². The van der Waals surface area contributed by atoms with Gasteiger partial charge in [-0.1, -0.05) is 0 Å². The summed E-state index contributed by atoms with van der Waals surface area (Å²) in [5.74, 6) is -0.00751. The van der Waals surface area contributed by atoms with Crippen LogP contribution in [0.5, 0.6) is 0 Å². The van der Waals surface area contributed by atoms with Crippen LogP contribution < -0.4 is 15.5 Å². The van der Waals surface area contributed by atoms with Gasteiger partial charge < -0.3 is 10.2 Å². The van der Waals surface area contributed by atoms with E-state index in [0.29, 0.717) is 11.5 Å². The summed E-state index contributed by atoms with van der Waals surface area (Å²) < 4.78 is 0. The molecular weight excluding hydrogens is 366 g/mol. The van der Waals surface area contributed by atoms with Crippen LogP contribution in [0.4, 0.5) is 17.2 Å². The molecule has 8 nitrogen and oxygen atoms in total. The lowest BCUT2D eigenvalue weighted by molar-refractivity contribution is -0.384. The number of anilines is 2. The van der Waals surface area contributed by atoms with Gasteiger partial charge in [0.1, 0.15) is 11.5 Å². The van der Waals surface area contributed by atoms with Crippen LogP contribution in [0, 0.1) is 17.0 Å². The van der Waals surface area contributed by atoms with Crippen LogP contribution in [0.3, 0.4) is 0 Å². The Bertz CT molecular complexity index is 896.